The first-order chi connectivity index (χ1) is 11.6. The van der Waals surface area contributed by atoms with Crippen LogP contribution >= 0.6 is 0 Å². The number of carbonyl (C=O) groups excluding carboxylic acids is 3. The number of anilines is 1. The van der Waals surface area contributed by atoms with E-state index in [1.807, 2.05) is 0 Å². The lowest BCUT2D eigenvalue weighted by molar-refractivity contribution is -0.118. The number of ether oxygens (including phenoxy) is 2. The molecule has 0 aliphatic carbocycles. The molecule has 6 nitrogen and oxygen atoms in total. The number of rotatable bonds is 7. The number of aldehydes is 1. The third-order valence-corrected chi connectivity index (χ3v) is 3.08. The smallest absolute Gasteiger partial charge is 0.338 e. The number of hydrogen-bond acceptors (Lipinski definition) is 5. The summed E-state index contributed by atoms with van der Waals surface area (Å²) in [5.41, 5.74) is 1.32. The predicted octanol–water partition coefficient (Wildman–Crippen LogP) is 2.69. The second-order valence-electron chi connectivity index (χ2n) is 4.79. The van der Waals surface area contributed by atoms with Gasteiger partial charge in [0.25, 0.3) is 5.91 Å². The minimum atomic E-state index is -0.413. The molecule has 124 valence electrons. The zero-order valence-electron chi connectivity index (χ0n) is 13.2. The maximum atomic E-state index is 11.9. The average molecular weight is 327 g/mol. The minimum absolute atomic E-state index is 0.232. The van der Waals surface area contributed by atoms with E-state index in [2.05, 4.69) is 5.32 Å². The number of para-hydroxylation sites is 1. The van der Waals surface area contributed by atoms with Crippen molar-refractivity contribution in [2.75, 3.05) is 18.5 Å². The summed E-state index contributed by atoms with van der Waals surface area (Å²) in [6.45, 7) is 1.80. The van der Waals surface area contributed by atoms with E-state index in [1.165, 1.54) is 0 Å². The highest BCUT2D eigenvalue weighted by molar-refractivity contribution is 5.93. The molecule has 0 aliphatic rings. The summed E-state index contributed by atoms with van der Waals surface area (Å²) in [4.78, 5) is 34.3. The van der Waals surface area contributed by atoms with Gasteiger partial charge in [0.15, 0.2) is 12.9 Å². The molecule has 1 amide bonds. The van der Waals surface area contributed by atoms with Crippen LogP contribution in [0.15, 0.2) is 48.5 Å². The number of nitrogens with one attached hydrogen (secondary N) is 1. The molecule has 2 rings (SSSR count). The molecule has 24 heavy (non-hydrogen) atoms. The Morgan fingerprint density at radius 2 is 1.79 bits per heavy atom. The van der Waals surface area contributed by atoms with Gasteiger partial charge in [-0.15, -0.1) is 0 Å². The highest BCUT2D eigenvalue weighted by atomic mass is 16.5. The van der Waals surface area contributed by atoms with Gasteiger partial charge in [0.05, 0.1) is 17.7 Å². The molecule has 2 aromatic rings. The molecular formula is C18H17NO5. The number of hydrogen-bond donors (Lipinski definition) is 1. The zero-order chi connectivity index (χ0) is 17.4. The van der Waals surface area contributed by atoms with Crippen LogP contribution in [-0.4, -0.2) is 31.4 Å². The fourth-order valence-electron chi connectivity index (χ4n) is 1.95. The highest BCUT2D eigenvalue weighted by Crippen LogP contribution is 2.16. The van der Waals surface area contributed by atoms with Crippen LogP contribution in [0.3, 0.4) is 0 Å². The topological polar surface area (TPSA) is 81.7 Å². The van der Waals surface area contributed by atoms with Crippen molar-refractivity contribution in [1.29, 1.82) is 0 Å². The van der Waals surface area contributed by atoms with Gasteiger partial charge in [-0.05, 0) is 43.3 Å². The molecule has 0 saturated carbocycles. The van der Waals surface area contributed by atoms with E-state index in [-0.39, 0.29) is 12.5 Å². The molecule has 2 aromatic carbocycles. The minimum Gasteiger partial charge on any atom is -0.483 e. The van der Waals surface area contributed by atoms with Crippen molar-refractivity contribution in [1.82, 2.24) is 0 Å². The molecule has 1 N–H and O–H groups in total. The van der Waals surface area contributed by atoms with E-state index >= 15 is 0 Å². The van der Waals surface area contributed by atoms with Gasteiger partial charge in [0.2, 0.25) is 0 Å². The van der Waals surface area contributed by atoms with Crippen LogP contribution in [0.5, 0.6) is 5.75 Å². The van der Waals surface area contributed by atoms with Gasteiger partial charge in [-0.2, -0.15) is 0 Å². The largest absolute Gasteiger partial charge is 0.483 e. The van der Waals surface area contributed by atoms with E-state index in [9.17, 15) is 14.4 Å². The summed E-state index contributed by atoms with van der Waals surface area (Å²) in [6.07, 6.45) is 0.668. The van der Waals surface area contributed by atoms with Gasteiger partial charge >= 0.3 is 5.97 Å². The molecule has 0 radical (unpaired) electrons. The number of amides is 1. The third-order valence-electron chi connectivity index (χ3n) is 3.08. The van der Waals surface area contributed by atoms with Gasteiger partial charge < -0.3 is 14.8 Å². The van der Waals surface area contributed by atoms with E-state index < -0.39 is 5.97 Å². The van der Waals surface area contributed by atoms with Gasteiger partial charge in [-0.25, -0.2) is 4.79 Å². The maximum Gasteiger partial charge on any atom is 0.338 e. The van der Waals surface area contributed by atoms with Crippen molar-refractivity contribution in [3.8, 4) is 5.75 Å². The molecule has 0 heterocycles. The van der Waals surface area contributed by atoms with Crippen molar-refractivity contribution in [3.63, 3.8) is 0 Å². The summed E-state index contributed by atoms with van der Waals surface area (Å²) in [5, 5.41) is 2.64. The molecule has 0 saturated heterocycles. The lowest BCUT2D eigenvalue weighted by atomic mass is 10.2. The molecule has 0 aromatic heterocycles. The molecule has 0 aliphatic heterocycles. The Bertz CT molecular complexity index is 724. The van der Waals surface area contributed by atoms with Gasteiger partial charge in [0.1, 0.15) is 5.75 Å². The van der Waals surface area contributed by atoms with Crippen LogP contribution in [0, 0.1) is 0 Å². The number of carbonyl (C=O) groups is 3. The number of esters is 1. The van der Waals surface area contributed by atoms with Gasteiger partial charge in [-0.1, -0.05) is 12.1 Å². The van der Waals surface area contributed by atoms with Crippen LogP contribution in [0.25, 0.3) is 0 Å². The van der Waals surface area contributed by atoms with E-state index in [4.69, 9.17) is 9.47 Å². The first-order valence-corrected chi connectivity index (χ1v) is 7.38. The van der Waals surface area contributed by atoms with Crippen LogP contribution < -0.4 is 10.1 Å². The SMILES string of the molecule is CCOC(=O)c1ccc(NC(=O)COc2ccccc2C=O)cc1. The zero-order valence-corrected chi connectivity index (χ0v) is 13.2. The summed E-state index contributed by atoms with van der Waals surface area (Å²) in [5.74, 6) is -0.441. The summed E-state index contributed by atoms with van der Waals surface area (Å²) in [6, 6.07) is 13.0. The van der Waals surface area contributed by atoms with E-state index in [0.717, 1.165) is 0 Å². The highest BCUT2D eigenvalue weighted by Gasteiger charge is 2.09. The summed E-state index contributed by atoms with van der Waals surface area (Å²) >= 11 is 0. The second kappa shape index (κ2) is 8.47. The Morgan fingerprint density at radius 1 is 1.08 bits per heavy atom. The Labute approximate surface area is 139 Å². The van der Waals surface area contributed by atoms with Crippen LogP contribution in [0.2, 0.25) is 0 Å². The Kier molecular flexibility index (Phi) is 6.08. The Morgan fingerprint density at radius 3 is 2.46 bits per heavy atom. The molecule has 6 heteroatoms. The lowest BCUT2D eigenvalue weighted by Gasteiger charge is -2.09. The lowest BCUT2D eigenvalue weighted by Crippen LogP contribution is -2.20. The fraction of sp³-hybridized carbons (Fsp3) is 0.167. The van der Waals surface area contributed by atoms with Crippen LogP contribution in [0.4, 0.5) is 5.69 Å². The normalized spacial score (nSPS) is 9.88. The Hall–Kier alpha value is -3.15. The molecular weight excluding hydrogens is 310 g/mol. The van der Waals surface area contributed by atoms with Crippen LogP contribution in [0.1, 0.15) is 27.6 Å². The van der Waals surface area contributed by atoms with Crippen molar-refractivity contribution < 1.29 is 23.9 Å². The predicted molar refractivity (Wildman–Crippen MR) is 88.4 cm³/mol. The third kappa shape index (κ3) is 4.67. The maximum absolute atomic E-state index is 11.9. The second-order valence-corrected chi connectivity index (χ2v) is 4.79. The standard InChI is InChI=1S/C18H17NO5/c1-2-23-18(22)13-7-9-15(10-8-13)19-17(21)12-24-16-6-4-3-5-14(16)11-20/h3-11H,2,12H2,1H3,(H,19,21). The molecule has 0 bridgehead atoms. The first-order valence-electron chi connectivity index (χ1n) is 7.38. The van der Waals surface area contributed by atoms with Gasteiger partial charge in [-0.3, -0.25) is 9.59 Å². The van der Waals surface area contributed by atoms with Crippen molar-refractivity contribution >= 4 is 23.9 Å². The summed E-state index contributed by atoms with van der Waals surface area (Å²) in [7, 11) is 0. The van der Waals surface area contributed by atoms with Gasteiger partial charge in [0, 0.05) is 5.69 Å². The van der Waals surface area contributed by atoms with Crippen molar-refractivity contribution in [2.24, 2.45) is 0 Å². The molecule has 0 unspecified atom stereocenters. The van der Waals surface area contributed by atoms with Crippen molar-refractivity contribution in [3.05, 3.63) is 59.7 Å². The monoisotopic (exact) mass is 327 g/mol. The van der Waals surface area contributed by atoms with E-state index in [1.54, 1.807) is 55.5 Å². The number of benzene rings is 2. The Balaban J connectivity index is 1.90. The van der Waals surface area contributed by atoms with Crippen molar-refractivity contribution in [2.45, 2.75) is 6.92 Å². The molecule has 0 atom stereocenters. The average Bonchev–Trinajstić information content (AvgIpc) is 2.61. The summed E-state index contributed by atoms with van der Waals surface area (Å²) < 4.78 is 10.2. The quantitative estimate of drug-likeness (QED) is 0.624. The van der Waals surface area contributed by atoms with Crippen LogP contribution in [-0.2, 0) is 9.53 Å². The molecule has 0 spiro atoms. The van der Waals surface area contributed by atoms with E-state index in [0.29, 0.717) is 35.5 Å². The first kappa shape index (κ1) is 17.2. The molecule has 0 fully saturated rings. The fourth-order valence-corrected chi connectivity index (χ4v) is 1.95.